The average Bonchev–Trinajstić information content (AvgIpc) is 3.24. The van der Waals surface area contributed by atoms with Gasteiger partial charge in [0.05, 0.1) is 10.6 Å². The van der Waals surface area contributed by atoms with Crippen LogP contribution in [0.15, 0.2) is 36.0 Å². The van der Waals surface area contributed by atoms with Crippen LogP contribution < -0.4 is 5.32 Å². The molecule has 2 heterocycles. The minimum atomic E-state index is -0.480. The Kier molecular flexibility index (Phi) is 4.44. The lowest BCUT2D eigenvalue weighted by Crippen LogP contribution is -2.19. The second-order valence-corrected chi connectivity index (χ2v) is 5.63. The van der Waals surface area contributed by atoms with E-state index in [1.54, 1.807) is 23.6 Å². The van der Waals surface area contributed by atoms with Crippen molar-refractivity contribution in [2.24, 2.45) is 0 Å². The predicted octanol–water partition coefficient (Wildman–Crippen LogP) is 1.82. The minimum Gasteiger partial charge on any atom is -0.300 e. The van der Waals surface area contributed by atoms with Crippen molar-refractivity contribution < 1.29 is 9.72 Å². The maximum absolute atomic E-state index is 12.0. The first kappa shape index (κ1) is 16.2. The molecule has 0 saturated carbocycles. The summed E-state index contributed by atoms with van der Waals surface area (Å²) >= 11 is 1.20. The highest BCUT2D eigenvalue weighted by atomic mass is 32.1. The van der Waals surface area contributed by atoms with Crippen LogP contribution in [0.2, 0.25) is 0 Å². The Balaban J connectivity index is 1.69. The van der Waals surface area contributed by atoms with Gasteiger partial charge in [-0.15, -0.1) is 16.4 Å². The molecular formula is C14H9N7O3S. The Hall–Kier alpha value is -3.65. The number of hydrogen-bond donors (Lipinski definition) is 1. The number of non-ortho nitro benzene ring substituents is 1. The highest BCUT2D eigenvalue weighted by Gasteiger charge is 2.12. The van der Waals surface area contributed by atoms with E-state index >= 15 is 0 Å². The molecule has 1 amide bonds. The van der Waals surface area contributed by atoms with Gasteiger partial charge in [0.25, 0.3) is 11.5 Å². The van der Waals surface area contributed by atoms with Crippen LogP contribution in [-0.2, 0) is 11.3 Å². The molecule has 124 valence electrons. The molecule has 2 aromatic heterocycles. The predicted molar refractivity (Wildman–Crippen MR) is 87.6 cm³/mol. The summed E-state index contributed by atoms with van der Waals surface area (Å²) < 4.78 is 1.24. The zero-order chi connectivity index (χ0) is 17.8. The molecule has 3 aromatic rings. The van der Waals surface area contributed by atoms with Crippen LogP contribution in [0.3, 0.4) is 0 Å². The first-order chi connectivity index (χ1) is 12.0. The van der Waals surface area contributed by atoms with Gasteiger partial charge in [-0.3, -0.25) is 14.9 Å². The molecule has 0 atom stereocenters. The third-order valence-corrected chi connectivity index (χ3v) is 3.80. The van der Waals surface area contributed by atoms with Crippen LogP contribution in [0, 0.1) is 21.4 Å². The molecule has 1 N–H and O–H groups in total. The number of nitrogens with zero attached hydrogens (tertiary/aromatic N) is 6. The molecule has 0 aliphatic heterocycles. The number of anilines is 1. The average molecular weight is 355 g/mol. The number of amides is 1. The van der Waals surface area contributed by atoms with Crippen molar-refractivity contribution in [1.29, 1.82) is 5.26 Å². The van der Waals surface area contributed by atoms with E-state index in [0.717, 1.165) is 0 Å². The van der Waals surface area contributed by atoms with Gasteiger partial charge in [-0.2, -0.15) is 5.26 Å². The fraction of sp³-hybridized carbons (Fsp3) is 0.0714. The first-order valence-electron chi connectivity index (χ1n) is 6.85. The zero-order valence-corrected chi connectivity index (χ0v) is 13.3. The van der Waals surface area contributed by atoms with Crippen LogP contribution in [0.5, 0.6) is 0 Å². The molecule has 0 bridgehead atoms. The number of hydrogen-bond acceptors (Lipinski definition) is 8. The van der Waals surface area contributed by atoms with Crippen LogP contribution in [0.1, 0.15) is 5.82 Å². The Bertz CT molecular complexity index is 988. The highest BCUT2D eigenvalue weighted by Crippen LogP contribution is 2.27. The molecule has 0 spiro atoms. The molecule has 0 fully saturated rings. The summed E-state index contributed by atoms with van der Waals surface area (Å²) in [6, 6.07) is 7.86. The minimum absolute atomic E-state index is 0.0185. The standard InChI is InChI=1S/C14H9N7O3S/c15-5-12-16-8-20(19-12)6-13(22)18-14-17-11(7-25-14)9-2-1-3-10(4-9)21(23)24/h1-4,7-8H,6H2,(H,17,18,22). The van der Waals surface area contributed by atoms with Gasteiger partial charge in [0.1, 0.15) is 18.9 Å². The third-order valence-electron chi connectivity index (χ3n) is 3.05. The van der Waals surface area contributed by atoms with Gasteiger partial charge in [0.2, 0.25) is 5.91 Å². The Labute approximate surface area is 144 Å². The number of benzene rings is 1. The summed E-state index contributed by atoms with van der Waals surface area (Å²) in [5, 5.41) is 27.9. The van der Waals surface area contributed by atoms with E-state index in [4.69, 9.17) is 5.26 Å². The van der Waals surface area contributed by atoms with E-state index in [9.17, 15) is 14.9 Å². The van der Waals surface area contributed by atoms with Crippen molar-refractivity contribution in [3.8, 4) is 17.3 Å². The van der Waals surface area contributed by atoms with Gasteiger partial charge in [-0.1, -0.05) is 12.1 Å². The SMILES string of the molecule is N#Cc1ncn(CC(=O)Nc2nc(-c3cccc([N+](=O)[O-])c3)cs2)n1. The summed E-state index contributed by atoms with van der Waals surface area (Å²) in [5.41, 5.74) is 1.08. The third kappa shape index (κ3) is 3.82. The monoisotopic (exact) mass is 355 g/mol. The number of nitro benzene ring substituents is 1. The first-order valence-corrected chi connectivity index (χ1v) is 7.73. The molecule has 10 nitrogen and oxygen atoms in total. The van der Waals surface area contributed by atoms with Crippen LogP contribution >= 0.6 is 11.3 Å². The Morgan fingerprint density at radius 2 is 2.32 bits per heavy atom. The van der Waals surface area contributed by atoms with Crippen molar-refractivity contribution in [3.63, 3.8) is 0 Å². The smallest absolute Gasteiger partial charge is 0.270 e. The number of carbonyl (C=O) groups excluding carboxylic acids is 1. The molecule has 0 radical (unpaired) electrons. The summed E-state index contributed by atoms with van der Waals surface area (Å²) in [6.07, 6.45) is 1.29. The lowest BCUT2D eigenvalue weighted by atomic mass is 10.1. The maximum Gasteiger partial charge on any atom is 0.270 e. The highest BCUT2D eigenvalue weighted by molar-refractivity contribution is 7.14. The van der Waals surface area contributed by atoms with Gasteiger partial charge in [0, 0.05) is 23.1 Å². The number of aromatic nitrogens is 4. The normalized spacial score (nSPS) is 10.2. The number of nitriles is 1. The lowest BCUT2D eigenvalue weighted by Gasteiger charge is -2.01. The summed E-state index contributed by atoms with van der Waals surface area (Å²) in [5.74, 6) is -0.399. The Morgan fingerprint density at radius 3 is 3.04 bits per heavy atom. The van der Waals surface area contributed by atoms with Crippen molar-refractivity contribution in [1.82, 2.24) is 19.7 Å². The van der Waals surface area contributed by atoms with Gasteiger partial charge < -0.3 is 5.32 Å². The summed E-state index contributed by atoms with van der Waals surface area (Å²) in [7, 11) is 0. The summed E-state index contributed by atoms with van der Waals surface area (Å²) in [6.45, 7) is -0.111. The fourth-order valence-electron chi connectivity index (χ4n) is 1.97. The molecule has 0 saturated heterocycles. The molecule has 3 rings (SSSR count). The van der Waals surface area contributed by atoms with Crippen molar-refractivity contribution >= 4 is 28.1 Å². The van der Waals surface area contributed by atoms with E-state index in [1.807, 2.05) is 0 Å². The maximum atomic E-state index is 12.0. The van der Waals surface area contributed by atoms with Crippen molar-refractivity contribution in [2.75, 3.05) is 5.32 Å². The number of rotatable bonds is 5. The number of nitro groups is 1. The van der Waals surface area contributed by atoms with Crippen LogP contribution in [0.25, 0.3) is 11.3 Å². The molecule has 0 unspecified atom stereocenters. The lowest BCUT2D eigenvalue weighted by molar-refractivity contribution is -0.384. The van der Waals surface area contributed by atoms with Crippen molar-refractivity contribution in [3.05, 3.63) is 51.9 Å². The second kappa shape index (κ2) is 6.85. The molecule has 1 aromatic carbocycles. The van der Waals surface area contributed by atoms with Crippen LogP contribution in [0.4, 0.5) is 10.8 Å². The quantitative estimate of drug-likeness (QED) is 0.543. The molecule has 0 aliphatic rings. The molecular weight excluding hydrogens is 346 g/mol. The fourth-order valence-corrected chi connectivity index (χ4v) is 2.71. The Morgan fingerprint density at radius 1 is 1.48 bits per heavy atom. The zero-order valence-electron chi connectivity index (χ0n) is 12.5. The number of carbonyl (C=O) groups is 1. The van der Waals surface area contributed by atoms with E-state index in [2.05, 4.69) is 20.4 Å². The van der Waals surface area contributed by atoms with E-state index in [0.29, 0.717) is 16.4 Å². The molecule has 11 heteroatoms. The van der Waals surface area contributed by atoms with Crippen molar-refractivity contribution in [2.45, 2.75) is 6.54 Å². The van der Waals surface area contributed by atoms with Gasteiger partial charge >= 0.3 is 0 Å². The molecule has 0 aliphatic carbocycles. The van der Waals surface area contributed by atoms with Gasteiger partial charge in [-0.25, -0.2) is 14.6 Å². The number of thiazole rings is 1. The topological polar surface area (TPSA) is 140 Å². The number of nitrogens with one attached hydrogen (secondary N) is 1. The van der Waals surface area contributed by atoms with Gasteiger partial charge in [0.15, 0.2) is 5.13 Å². The van der Waals surface area contributed by atoms with Gasteiger partial charge in [-0.05, 0) is 0 Å². The van der Waals surface area contributed by atoms with E-state index < -0.39 is 4.92 Å². The second-order valence-electron chi connectivity index (χ2n) is 4.77. The largest absolute Gasteiger partial charge is 0.300 e. The van der Waals surface area contributed by atoms with Crippen LogP contribution in [-0.4, -0.2) is 30.6 Å². The molecule has 25 heavy (non-hydrogen) atoms. The van der Waals surface area contributed by atoms with E-state index in [1.165, 1.54) is 34.5 Å². The summed E-state index contributed by atoms with van der Waals surface area (Å²) in [4.78, 5) is 30.3. The van der Waals surface area contributed by atoms with E-state index in [-0.39, 0.29) is 24.0 Å².